The molecule has 2 aromatic carbocycles. The van der Waals surface area contributed by atoms with Crippen LogP contribution in [0.2, 0.25) is 0 Å². The molecular weight excluding hydrogens is 460 g/mol. The number of sulfonamides is 1. The molecule has 10 nitrogen and oxygen atoms in total. The SMILES string of the molecule is COc1ccc(OC)c(Nc2ccc(-c3ccc(OC)c(S(=O)(=O)N4CCOCC4)c3)nn2)c1. The number of hydrogen-bond acceptors (Lipinski definition) is 9. The molecule has 0 atom stereocenters. The quantitative estimate of drug-likeness (QED) is 0.513. The van der Waals surface area contributed by atoms with Crippen LogP contribution in [0, 0.1) is 0 Å². The van der Waals surface area contributed by atoms with Gasteiger partial charge in [-0.2, -0.15) is 4.31 Å². The number of hydrogen-bond donors (Lipinski definition) is 1. The van der Waals surface area contributed by atoms with Crippen LogP contribution in [-0.2, 0) is 14.8 Å². The van der Waals surface area contributed by atoms with Gasteiger partial charge in [0.1, 0.15) is 22.1 Å². The normalized spacial score (nSPS) is 14.4. The number of ether oxygens (including phenoxy) is 4. The first kappa shape index (κ1) is 23.7. The van der Waals surface area contributed by atoms with Gasteiger partial charge < -0.3 is 24.3 Å². The zero-order valence-electron chi connectivity index (χ0n) is 19.1. The van der Waals surface area contributed by atoms with Crippen LogP contribution < -0.4 is 19.5 Å². The molecule has 34 heavy (non-hydrogen) atoms. The highest BCUT2D eigenvalue weighted by atomic mass is 32.2. The van der Waals surface area contributed by atoms with Gasteiger partial charge in [0, 0.05) is 24.7 Å². The maximum Gasteiger partial charge on any atom is 0.246 e. The van der Waals surface area contributed by atoms with E-state index in [1.165, 1.54) is 11.4 Å². The topological polar surface area (TPSA) is 112 Å². The van der Waals surface area contributed by atoms with E-state index >= 15 is 0 Å². The van der Waals surface area contributed by atoms with Crippen LogP contribution >= 0.6 is 0 Å². The first-order valence-corrected chi connectivity index (χ1v) is 12.0. The van der Waals surface area contributed by atoms with Crippen molar-refractivity contribution in [3.05, 3.63) is 48.5 Å². The Balaban J connectivity index is 1.61. The second-order valence-corrected chi connectivity index (χ2v) is 9.28. The Morgan fingerprint density at radius 3 is 2.26 bits per heavy atom. The summed E-state index contributed by atoms with van der Waals surface area (Å²) in [5.74, 6) is 2.05. The number of methoxy groups -OCH3 is 3. The van der Waals surface area contributed by atoms with Gasteiger partial charge in [-0.25, -0.2) is 8.42 Å². The summed E-state index contributed by atoms with van der Waals surface area (Å²) in [6.07, 6.45) is 0. The molecule has 180 valence electrons. The molecule has 1 fully saturated rings. The van der Waals surface area contributed by atoms with Crippen LogP contribution in [0.15, 0.2) is 53.4 Å². The largest absolute Gasteiger partial charge is 0.497 e. The van der Waals surface area contributed by atoms with E-state index in [-0.39, 0.29) is 10.6 Å². The molecule has 0 radical (unpaired) electrons. The van der Waals surface area contributed by atoms with Gasteiger partial charge in [-0.1, -0.05) is 0 Å². The summed E-state index contributed by atoms with van der Waals surface area (Å²) in [7, 11) is 0.852. The number of morpholine rings is 1. The fourth-order valence-corrected chi connectivity index (χ4v) is 5.16. The van der Waals surface area contributed by atoms with Gasteiger partial charge in [0.2, 0.25) is 10.0 Å². The van der Waals surface area contributed by atoms with Crippen molar-refractivity contribution >= 4 is 21.5 Å². The lowest BCUT2D eigenvalue weighted by Crippen LogP contribution is -2.40. The molecule has 2 heterocycles. The fourth-order valence-electron chi connectivity index (χ4n) is 3.57. The monoisotopic (exact) mass is 486 g/mol. The zero-order valence-corrected chi connectivity index (χ0v) is 20.0. The summed E-state index contributed by atoms with van der Waals surface area (Å²) in [6.45, 7) is 1.31. The molecule has 1 N–H and O–H groups in total. The van der Waals surface area contributed by atoms with Crippen LogP contribution in [0.4, 0.5) is 11.5 Å². The summed E-state index contributed by atoms with van der Waals surface area (Å²) in [5, 5.41) is 11.7. The number of nitrogens with one attached hydrogen (secondary N) is 1. The Kier molecular flexibility index (Phi) is 7.15. The number of benzene rings is 2. The maximum absolute atomic E-state index is 13.2. The minimum absolute atomic E-state index is 0.0829. The molecule has 1 aromatic heterocycles. The van der Waals surface area contributed by atoms with Crippen LogP contribution in [0.25, 0.3) is 11.3 Å². The van der Waals surface area contributed by atoms with Gasteiger partial charge in [0.25, 0.3) is 0 Å². The maximum atomic E-state index is 13.2. The van der Waals surface area contributed by atoms with Crippen LogP contribution in [-0.4, -0.2) is 70.6 Å². The highest BCUT2D eigenvalue weighted by molar-refractivity contribution is 7.89. The van der Waals surface area contributed by atoms with Gasteiger partial charge >= 0.3 is 0 Å². The van der Waals surface area contributed by atoms with Crippen molar-refractivity contribution in [2.45, 2.75) is 4.90 Å². The smallest absolute Gasteiger partial charge is 0.246 e. The Bertz CT molecular complexity index is 1240. The van der Waals surface area contributed by atoms with Crippen molar-refractivity contribution in [1.82, 2.24) is 14.5 Å². The standard InChI is InChI=1S/C23H26N4O6S/c1-30-17-5-8-20(31-2)19(15-17)24-23-9-6-18(25-26-23)16-4-7-21(32-3)22(14-16)34(28,29)27-10-12-33-13-11-27/h4-9,14-15H,10-13H2,1-3H3,(H,24,26). The van der Waals surface area contributed by atoms with Crippen molar-refractivity contribution in [3.63, 3.8) is 0 Å². The van der Waals surface area contributed by atoms with Crippen molar-refractivity contribution in [1.29, 1.82) is 0 Å². The first-order valence-electron chi connectivity index (χ1n) is 10.6. The van der Waals surface area contributed by atoms with E-state index in [0.717, 1.165) is 0 Å². The van der Waals surface area contributed by atoms with Gasteiger partial charge in [-0.15, -0.1) is 10.2 Å². The van der Waals surface area contributed by atoms with Gasteiger partial charge in [0.15, 0.2) is 5.82 Å². The van der Waals surface area contributed by atoms with E-state index in [1.54, 1.807) is 62.8 Å². The predicted octanol–water partition coefficient (Wildman–Crippen LogP) is 2.93. The van der Waals surface area contributed by atoms with E-state index in [4.69, 9.17) is 18.9 Å². The number of nitrogens with zero attached hydrogens (tertiary/aromatic N) is 3. The molecule has 0 spiro atoms. The van der Waals surface area contributed by atoms with Crippen molar-refractivity contribution in [2.75, 3.05) is 52.9 Å². The van der Waals surface area contributed by atoms with Gasteiger partial charge in [0.05, 0.1) is 45.9 Å². The Labute approximate surface area is 198 Å². The molecule has 11 heteroatoms. The minimum atomic E-state index is -3.76. The zero-order chi connectivity index (χ0) is 24.1. The first-order chi connectivity index (χ1) is 16.5. The van der Waals surface area contributed by atoms with Gasteiger partial charge in [-0.05, 0) is 42.5 Å². The van der Waals surface area contributed by atoms with E-state index in [1.807, 2.05) is 0 Å². The number of aromatic nitrogens is 2. The van der Waals surface area contributed by atoms with E-state index in [9.17, 15) is 8.42 Å². The summed E-state index contributed by atoms with van der Waals surface area (Å²) in [6, 6.07) is 13.8. The molecule has 3 aromatic rings. The summed E-state index contributed by atoms with van der Waals surface area (Å²) >= 11 is 0. The van der Waals surface area contributed by atoms with E-state index < -0.39 is 10.0 Å². The molecule has 4 rings (SSSR count). The molecule has 0 bridgehead atoms. The average molecular weight is 487 g/mol. The molecule has 1 aliphatic rings. The molecule has 1 aliphatic heterocycles. The number of rotatable bonds is 8. The average Bonchev–Trinajstić information content (AvgIpc) is 2.89. The second kappa shape index (κ2) is 10.2. The predicted molar refractivity (Wildman–Crippen MR) is 126 cm³/mol. The van der Waals surface area contributed by atoms with Crippen LogP contribution in [0.3, 0.4) is 0 Å². The lowest BCUT2D eigenvalue weighted by atomic mass is 10.1. The van der Waals surface area contributed by atoms with Crippen LogP contribution in [0.5, 0.6) is 17.2 Å². The highest BCUT2D eigenvalue weighted by Crippen LogP contribution is 2.33. The third-order valence-electron chi connectivity index (χ3n) is 5.38. The van der Waals surface area contributed by atoms with E-state index in [0.29, 0.717) is 60.6 Å². The third kappa shape index (κ3) is 4.91. The summed E-state index contributed by atoms with van der Waals surface area (Å²) < 4.78 is 49.2. The fraction of sp³-hybridized carbons (Fsp3) is 0.304. The van der Waals surface area contributed by atoms with Crippen molar-refractivity contribution < 1.29 is 27.4 Å². The molecule has 0 saturated carbocycles. The Hall–Kier alpha value is -3.41. The van der Waals surface area contributed by atoms with Crippen LogP contribution in [0.1, 0.15) is 0 Å². The lowest BCUT2D eigenvalue weighted by Gasteiger charge is -2.26. The molecule has 0 amide bonds. The summed E-state index contributed by atoms with van der Waals surface area (Å²) in [4.78, 5) is 0.0829. The van der Waals surface area contributed by atoms with Crippen molar-refractivity contribution in [3.8, 4) is 28.5 Å². The Morgan fingerprint density at radius 2 is 1.62 bits per heavy atom. The highest BCUT2D eigenvalue weighted by Gasteiger charge is 2.29. The summed E-state index contributed by atoms with van der Waals surface area (Å²) in [5.41, 5.74) is 1.79. The molecule has 0 unspecified atom stereocenters. The molecular formula is C23H26N4O6S. The Morgan fingerprint density at radius 1 is 0.882 bits per heavy atom. The van der Waals surface area contributed by atoms with Gasteiger partial charge in [-0.3, -0.25) is 0 Å². The minimum Gasteiger partial charge on any atom is -0.497 e. The lowest BCUT2D eigenvalue weighted by molar-refractivity contribution is 0.0729. The van der Waals surface area contributed by atoms with E-state index in [2.05, 4.69) is 15.5 Å². The van der Waals surface area contributed by atoms with Crippen molar-refractivity contribution in [2.24, 2.45) is 0 Å². The second-order valence-electron chi connectivity index (χ2n) is 7.38. The molecule has 0 aliphatic carbocycles. The number of anilines is 2. The third-order valence-corrected chi connectivity index (χ3v) is 7.30. The molecule has 1 saturated heterocycles.